The molecule has 1 aliphatic rings. The first-order valence-corrected chi connectivity index (χ1v) is 9.26. The standard InChI is InChI=1S/C20H36O4/c1-9-17(3,4)15(21)23-19(7)11-13-20(8,14-12-19)24-16(22)18(5,6)10-2/h9-14H2,1-8H3. The van der Waals surface area contributed by atoms with Gasteiger partial charge in [-0.25, -0.2) is 0 Å². The lowest BCUT2D eigenvalue weighted by atomic mass is 9.77. The molecule has 1 saturated carbocycles. The first-order valence-electron chi connectivity index (χ1n) is 9.26. The Kier molecular flexibility index (Phi) is 6.16. The van der Waals surface area contributed by atoms with E-state index in [-0.39, 0.29) is 11.9 Å². The molecule has 140 valence electrons. The molecule has 0 N–H and O–H groups in total. The molecule has 0 spiro atoms. The Balaban J connectivity index is 2.68. The smallest absolute Gasteiger partial charge is 0.312 e. The Morgan fingerprint density at radius 3 is 1.21 bits per heavy atom. The van der Waals surface area contributed by atoms with E-state index in [1.54, 1.807) is 0 Å². The van der Waals surface area contributed by atoms with Gasteiger partial charge in [-0.05, 0) is 80.1 Å². The third kappa shape index (κ3) is 4.97. The summed E-state index contributed by atoms with van der Waals surface area (Å²) in [6.07, 6.45) is 4.38. The molecule has 0 saturated heterocycles. The zero-order valence-corrected chi connectivity index (χ0v) is 16.9. The van der Waals surface area contributed by atoms with Gasteiger partial charge in [0.2, 0.25) is 0 Å². The molecular formula is C20H36O4. The summed E-state index contributed by atoms with van der Waals surface area (Å²) >= 11 is 0. The summed E-state index contributed by atoms with van der Waals surface area (Å²) in [5.74, 6) is -0.277. The molecular weight excluding hydrogens is 304 g/mol. The van der Waals surface area contributed by atoms with Crippen molar-refractivity contribution in [3.63, 3.8) is 0 Å². The van der Waals surface area contributed by atoms with Crippen molar-refractivity contribution in [2.45, 2.75) is 105 Å². The monoisotopic (exact) mass is 340 g/mol. The molecule has 0 atom stereocenters. The lowest BCUT2D eigenvalue weighted by molar-refractivity contribution is -0.188. The van der Waals surface area contributed by atoms with Crippen molar-refractivity contribution in [3.8, 4) is 0 Å². The van der Waals surface area contributed by atoms with Crippen LogP contribution in [0.5, 0.6) is 0 Å². The summed E-state index contributed by atoms with van der Waals surface area (Å²) in [5, 5.41) is 0. The number of esters is 2. The molecule has 1 fully saturated rings. The lowest BCUT2D eigenvalue weighted by Crippen LogP contribution is -2.47. The summed E-state index contributed by atoms with van der Waals surface area (Å²) < 4.78 is 11.7. The van der Waals surface area contributed by atoms with Crippen molar-refractivity contribution < 1.29 is 19.1 Å². The van der Waals surface area contributed by atoms with Crippen LogP contribution in [0.4, 0.5) is 0 Å². The Labute approximate surface area is 147 Å². The second-order valence-electron chi connectivity index (χ2n) is 9.15. The maximum atomic E-state index is 12.4. The Morgan fingerprint density at radius 2 is 1.00 bits per heavy atom. The molecule has 0 aliphatic heterocycles. The van der Waals surface area contributed by atoms with Gasteiger partial charge in [-0.15, -0.1) is 0 Å². The molecule has 1 rings (SSSR count). The minimum absolute atomic E-state index is 0.139. The first kappa shape index (κ1) is 21.0. The maximum absolute atomic E-state index is 12.4. The molecule has 0 aromatic rings. The highest BCUT2D eigenvalue weighted by molar-refractivity contribution is 5.76. The molecule has 0 aromatic heterocycles. The van der Waals surface area contributed by atoms with E-state index in [1.807, 2.05) is 55.4 Å². The second kappa shape index (κ2) is 7.05. The van der Waals surface area contributed by atoms with Crippen LogP contribution in [0.25, 0.3) is 0 Å². The fraction of sp³-hybridized carbons (Fsp3) is 0.900. The van der Waals surface area contributed by atoms with Crippen molar-refractivity contribution in [1.82, 2.24) is 0 Å². The zero-order chi connectivity index (χ0) is 18.8. The number of rotatable bonds is 6. The molecule has 4 nitrogen and oxygen atoms in total. The fourth-order valence-electron chi connectivity index (χ4n) is 2.52. The molecule has 0 aromatic carbocycles. The Bertz CT molecular complexity index is 424. The van der Waals surface area contributed by atoms with Crippen molar-refractivity contribution >= 4 is 11.9 Å². The van der Waals surface area contributed by atoms with Crippen molar-refractivity contribution in [3.05, 3.63) is 0 Å². The summed E-state index contributed by atoms with van der Waals surface area (Å²) in [7, 11) is 0. The summed E-state index contributed by atoms with van der Waals surface area (Å²) in [4.78, 5) is 24.7. The van der Waals surface area contributed by atoms with Gasteiger partial charge >= 0.3 is 11.9 Å². The minimum atomic E-state index is -0.463. The quantitative estimate of drug-likeness (QED) is 0.636. The van der Waals surface area contributed by atoms with Crippen LogP contribution in [0.1, 0.15) is 93.9 Å². The molecule has 0 radical (unpaired) electrons. The first-order chi connectivity index (χ1) is 10.8. The lowest BCUT2D eigenvalue weighted by Gasteiger charge is -2.43. The van der Waals surface area contributed by atoms with Gasteiger partial charge in [-0.2, -0.15) is 0 Å². The van der Waals surface area contributed by atoms with Crippen molar-refractivity contribution in [2.24, 2.45) is 10.8 Å². The van der Waals surface area contributed by atoms with Gasteiger partial charge in [-0.1, -0.05) is 13.8 Å². The number of hydrogen-bond donors (Lipinski definition) is 0. The molecule has 4 heteroatoms. The highest BCUT2D eigenvalue weighted by atomic mass is 16.6. The van der Waals surface area contributed by atoms with Crippen molar-refractivity contribution in [1.29, 1.82) is 0 Å². The van der Waals surface area contributed by atoms with E-state index in [9.17, 15) is 9.59 Å². The van der Waals surface area contributed by atoms with E-state index in [0.29, 0.717) is 0 Å². The molecule has 0 heterocycles. The maximum Gasteiger partial charge on any atom is 0.312 e. The van der Waals surface area contributed by atoms with E-state index in [1.165, 1.54) is 0 Å². The SMILES string of the molecule is CCC(C)(C)C(=O)OC1(C)CCC(C)(OC(=O)C(C)(C)CC)CC1. The number of ether oxygens (including phenoxy) is 2. The van der Waals surface area contributed by atoms with Crippen LogP contribution >= 0.6 is 0 Å². The highest BCUT2D eigenvalue weighted by Gasteiger charge is 2.45. The molecule has 0 bridgehead atoms. The van der Waals surface area contributed by atoms with E-state index >= 15 is 0 Å². The minimum Gasteiger partial charge on any atom is -0.459 e. The van der Waals surface area contributed by atoms with Gasteiger partial charge in [0, 0.05) is 0 Å². The number of carbonyl (C=O) groups is 2. The van der Waals surface area contributed by atoms with E-state index < -0.39 is 22.0 Å². The summed E-state index contributed by atoms with van der Waals surface area (Å²) in [6, 6.07) is 0. The van der Waals surface area contributed by atoms with E-state index in [2.05, 4.69) is 0 Å². The Hall–Kier alpha value is -1.06. The van der Waals surface area contributed by atoms with Crippen LogP contribution in [0.2, 0.25) is 0 Å². The van der Waals surface area contributed by atoms with Crippen molar-refractivity contribution in [2.75, 3.05) is 0 Å². The van der Waals surface area contributed by atoms with Crippen LogP contribution in [-0.2, 0) is 19.1 Å². The zero-order valence-electron chi connectivity index (χ0n) is 16.9. The third-order valence-corrected chi connectivity index (χ3v) is 5.92. The van der Waals surface area contributed by atoms with Gasteiger partial charge in [0.25, 0.3) is 0 Å². The van der Waals surface area contributed by atoms with E-state index in [0.717, 1.165) is 38.5 Å². The predicted octanol–water partition coefficient (Wildman–Crippen LogP) is 5.04. The molecule has 1 aliphatic carbocycles. The highest BCUT2D eigenvalue weighted by Crippen LogP contribution is 2.41. The average Bonchev–Trinajstić information content (AvgIpc) is 2.50. The van der Waals surface area contributed by atoms with Crippen LogP contribution in [-0.4, -0.2) is 23.1 Å². The fourth-order valence-corrected chi connectivity index (χ4v) is 2.52. The second-order valence-corrected chi connectivity index (χ2v) is 9.15. The molecule has 0 amide bonds. The van der Waals surface area contributed by atoms with Crippen LogP contribution in [0.15, 0.2) is 0 Å². The average molecular weight is 341 g/mol. The van der Waals surface area contributed by atoms with Gasteiger partial charge in [0.15, 0.2) is 0 Å². The molecule has 24 heavy (non-hydrogen) atoms. The third-order valence-electron chi connectivity index (χ3n) is 5.92. The normalized spacial score (nSPS) is 28.3. The van der Waals surface area contributed by atoms with Gasteiger partial charge in [-0.3, -0.25) is 9.59 Å². The largest absolute Gasteiger partial charge is 0.459 e. The summed E-state index contributed by atoms with van der Waals surface area (Å²) in [5.41, 5.74) is -1.84. The van der Waals surface area contributed by atoms with E-state index in [4.69, 9.17) is 9.47 Å². The van der Waals surface area contributed by atoms with Gasteiger partial charge < -0.3 is 9.47 Å². The number of hydrogen-bond acceptors (Lipinski definition) is 4. The summed E-state index contributed by atoms with van der Waals surface area (Å²) in [6.45, 7) is 15.6. The topological polar surface area (TPSA) is 52.6 Å². The number of carbonyl (C=O) groups excluding carboxylic acids is 2. The predicted molar refractivity (Wildman–Crippen MR) is 95.6 cm³/mol. The Morgan fingerprint density at radius 1 is 0.750 bits per heavy atom. The van der Waals surface area contributed by atoms with Gasteiger partial charge in [0.1, 0.15) is 11.2 Å². The molecule has 0 unspecified atom stereocenters. The van der Waals surface area contributed by atoms with Crippen LogP contribution in [0.3, 0.4) is 0 Å². The van der Waals surface area contributed by atoms with Crippen LogP contribution in [0, 0.1) is 10.8 Å². The van der Waals surface area contributed by atoms with Gasteiger partial charge in [0.05, 0.1) is 10.8 Å². The van der Waals surface area contributed by atoms with Crippen LogP contribution < -0.4 is 0 Å².